The molecule has 18 heavy (non-hydrogen) atoms. The van der Waals surface area contributed by atoms with Gasteiger partial charge < -0.3 is 35.6 Å². The van der Waals surface area contributed by atoms with Crippen LogP contribution >= 0.6 is 0 Å². The fourth-order valence-electron chi connectivity index (χ4n) is 1.78. The summed E-state index contributed by atoms with van der Waals surface area (Å²) in [5.74, 6) is 0.266. The zero-order valence-corrected chi connectivity index (χ0v) is 10.6. The van der Waals surface area contributed by atoms with Gasteiger partial charge in [-0.05, 0) is 5.92 Å². The van der Waals surface area contributed by atoms with Crippen LogP contribution in [0.15, 0.2) is 0 Å². The molecule has 0 aliphatic carbocycles. The zero-order chi connectivity index (χ0) is 13.9. The second kappa shape index (κ2) is 6.76. The maximum atomic E-state index is 9.69. The topological polar surface area (TPSA) is 125 Å². The first-order chi connectivity index (χ1) is 8.32. The molecule has 0 spiro atoms. The largest absolute Gasteiger partial charge is 0.388 e. The van der Waals surface area contributed by atoms with Crippen LogP contribution in [0.1, 0.15) is 20.3 Å². The van der Waals surface area contributed by atoms with Crippen molar-refractivity contribution < 1.29 is 29.9 Å². The van der Waals surface area contributed by atoms with E-state index in [1.807, 2.05) is 13.8 Å². The first-order valence-electron chi connectivity index (χ1n) is 6.07. The van der Waals surface area contributed by atoms with Crippen molar-refractivity contribution >= 4 is 0 Å². The van der Waals surface area contributed by atoms with E-state index in [1.54, 1.807) is 0 Å². The monoisotopic (exact) mass is 265 g/mol. The summed E-state index contributed by atoms with van der Waals surface area (Å²) < 4.78 is 10.1. The molecule has 6 unspecified atom stereocenters. The first-order valence-corrected chi connectivity index (χ1v) is 6.07. The molecule has 1 rings (SSSR count). The molecule has 108 valence electrons. The van der Waals surface area contributed by atoms with Gasteiger partial charge in [0.15, 0.2) is 12.6 Å². The lowest BCUT2D eigenvalue weighted by atomic mass is 9.98. The Labute approximate surface area is 106 Å². The Kier molecular flexibility index (Phi) is 5.93. The fraction of sp³-hybridized carbons (Fsp3) is 1.00. The Morgan fingerprint density at radius 1 is 1.22 bits per heavy atom. The molecule has 7 heteroatoms. The van der Waals surface area contributed by atoms with Crippen LogP contribution in [0.4, 0.5) is 0 Å². The minimum absolute atomic E-state index is 0.129. The van der Waals surface area contributed by atoms with Gasteiger partial charge in [-0.2, -0.15) is 0 Å². The third kappa shape index (κ3) is 4.13. The van der Waals surface area contributed by atoms with Gasteiger partial charge in [-0.15, -0.1) is 0 Å². The van der Waals surface area contributed by atoms with E-state index in [0.29, 0.717) is 6.42 Å². The smallest absolute Gasteiger partial charge is 0.173 e. The lowest BCUT2D eigenvalue weighted by Crippen LogP contribution is -2.62. The molecule has 6 N–H and O–H groups in total. The second-order valence-corrected chi connectivity index (χ2v) is 5.04. The zero-order valence-electron chi connectivity index (χ0n) is 10.6. The molecule has 1 heterocycles. The lowest BCUT2D eigenvalue weighted by molar-refractivity contribution is -0.262. The van der Waals surface area contributed by atoms with Crippen LogP contribution in [-0.2, 0) is 9.47 Å². The summed E-state index contributed by atoms with van der Waals surface area (Å²) in [6.45, 7) is 3.74. The van der Waals surface area contributed by atoms with Gasteiger partial charge >= 0.3 is 0 Å². The molecule has 0 radical (unpaired) electrons. The number of hydrogen-bond donors (Lipinski definition) is 5. The predicted molar refractivity (Wildman–Crippen MR) is 62.3 cm³/mol. The van der Waals surface area contributed by atoms with Crippen molar-refractivity contribution in [1.29, 1.82) is 0 Å². The summed E-state index contributed by atoms with van der Waals surface area (Å²) in [5.41, 5.74) is 5.42. The molecule has 0 aromatic carbocycles. The van der Waals surface area contributed by atoms with Crippen LogP contribution in [0, 0.1) is 5.92 Å². The van der Waals surface area contributed by atoms with Crippen LogP contribution in [0.5, 0.6) is 0 Å². The van der Waals surface area contributed by atoms with E-state index in [4.69, 9.17) is 15.2 Å². The quantitative estimate of drug-likeness (QED) is 0.369. The number of rotatable bonds is 5. The van der Waals surface area contributed by atoms with E-state index < -0.39 is 36.9 Å². The molecule has 7 nitrogen and oxygen atoms in total. The molecular weight excluding hydrogens is 242 g/mol. The maximum absolute atomic E-state index is 9.69. The summed E-state index contributed by atoms with van der Waals surface area (Å²) >= 11 is 0. The summed E-state index contributed by atoms with van der Waals surface area (Å²) in [6, 6.07) is -1.06. The van der Waals surface area contributed by atoms with Gasteiger partial charge in [0.25, 0.3) is 0 Å². The van der Waals surface area contributed by atoms with Crippen molar-refractivity contribution in [2.24, 2.45) is 11.7 Å². The molecule has 1 saturated heterocycles. The third-order valence-electron chi connectivity index (χ3n) is 2.89. The van der Waals surface area contributed by atoms with Crippen molar-refractivity contribution in [2.45, 2.75) is 57.2 Å². The highest BCUT2D eigenvalue weighted by Gasteiger charge is 2.42. The van der Waals surface area contributed by atoms with E-state index in [1.165, 1.54) is 0 Å². The minimum Gasteiger partial charge on any atom is -0.388 e. The fourth-order valence-corrected chi connectivity index (χ4v) is 1.78. The first kappa shape index (κ1) is 15.8. The maximum Gasteiger partial charge on any atom is 0.173 e. The standard InChI is InChI=1S/C11H23NO6/c1-5(2)3-7(13)17-4-6-9(14)10(15)8(12)11(16)18-6/h5-11,13-16H,3-4,12H2,1-2H3. The van der Waals surface area contributed by atoms with Crippen molar-refractivity contribution in [3.63, 3.8) is 0 Å². The Morgan fingerprint density at radius 3 is 2.39 bits per heavy atom. The molecule has 0 saturated carbocycles. The highest BCUT2D eigenvalue weighted by atomic mass is 16.7. The highest BCUT2D eigenvalue weighted by molar-refractivity contribution is 4.90. The summed E-state index contributed by atoms with van der Waals surface area (Å²) in [7, 11) is 0. The van der Waals surface area contributed by atoms with Crippen molar-refractivity contribution in [3.05, 3.63) is 0 Å². The summed E-state index contributed by atoms with van der Waals surface area (Å²) in [6.07, 6.45) is -5.34. The van der Waals surface area contributed by atoms with Crippen LogP contribution in [-0.4, -0.2) is 64.0 Å². The molecule has 0 aromatic rings. The molecule has 0 aromatic heterocycles. The third-order valence-corrected chi connectivity index (χ3v) is 2.89. The second-order valence-electron chi connectivity index (χ2n) is 5.04. The number of ether oxygens (including phenoxy) is 2. The van der Waals surface area contributed by atoms with Crippen molar-refractivity contribution in [1.82, 2.24) is 0 Å². The summed E-state index contributed by atoms with van der Waals surface area (Å²) in [5, 5.41) is 38.2. The number of hydrogen-bond acceptors (Lipinski definition) is 7. The van der Waals surface area contributed by atoms with E-state index in [0.717, 1.165) is 0 Å². The van der Waals surface area contributed by atoms with E-state index >= 15 is 0 Å². The van der Waals surface area contributed by atoms with Crippen LogP contribution in [0.2, 0.25) is 0 Å². The number of aliphatic hydroxyl groups excluding tert-OH is 4. The van der Waals surface area contributed by atoms with Crippen molar-refractivity contribution in [2.75, 3.05) is 6.61 Å². The number of nitrogens with two attached hydrogens (primary N) is 1. The average Bonchev–Trinajstić information content (AvgIpc) is 2.28. The molecule has 1 aliphatic heterocycles. The molecule has 0 amide bonds. The average molecular weight is 265 g/mol. The summed E-state index contributed by atoms with van der Waals surface area (Å²) in [4.78, 5) is 0. The van der Waals surface area contributed by atoms with Gasteiger partial charge in [0.05, 0.1) is 12.6 Å². The van der Waals surface area contributed by atoms with Gasteiger partial charge in [-0.1, -0.05) is 13.8 Å². The van der Waals surface area contributed by atoms with Crippen molar-refractivity contribution in [3.8, 4) is 0 Å². The Bertz CT molecular complexity index is 252. The van der Waals surface area contributed by atoms with Crippen LogP contribution in [0.25, 0.3) is 0 Å². The Morgan fingerprint density at radius 2 is 1.83 bits per heavy atom. The van der Waals surface area contributed by atoms with E-state index in [2.05, 4.69) is 0 Å². The Hall–Kier alpha value is -0.280. The van der Waals surface area contributed by atoms with E-state index in [9.17, 15) is 20.4 Å². The molecule has 1 aliphatic rings. The minimum atomic E-state index is -1.36. The van der Waals surface area contributed by atoms with Crippen LogP contribution in [0.3, 0.4) is 0 Å². The lowest BCUT2D eigenvalue weighted by Gasteiger charge is -2.39. The van der Waals surface area contributed by atoms with Gasteiger partial charge in [-0.25, -0.2) is 0 Å². The molecule has 1 fully saturated rings. The van der Waals surface area contributed by atoms with Gasteiger partial charge in [0.1, 0.15) is 18.3 Å². The molecule has 0 bridgehead atoms. The molecule has 6 atom stereocenters. The normalized spacial score (nSPS) is 39.0. The highest BCUT2D eigenvalue weighted by Crippen LogP contribution is 2.19. The molecular formula is C11H23NO6. The van der Waals surface area contributed by atoms with Crippen LogP contribution < -0.4 is 5.73 Å². The van der Waals surface area contributed by atoms with Gasteiger partial charge in [-0.3, -0.25) is 0 Å². The number of aliphatic hydroxyl groups is 4. The van der Waals surface area contributed by atoms with Gasteiger partial charge in [0.2, 0.25) is 0 Å². The van der Waals surface area contributed by atoms with E-state index in [-0.39, 0.29) is 12.5 Å². The SMILES string of the molecule is CC(C)CC(O)OCC1OC(O)C(N)C(O)C1O. The van der Waals surface area contributed by atoms with Gasteiger partial charge in [0, 0.05) is 6.42 Å². The predicted octanol–water partition coefficient (Wildman–Crippen LogP) is -1.87. The Balaban J connectivity index is 2.42.